The van der Waals surface area contributed by atoms with E-state index in [1.165, 1.54) is 0 Å². The van der Waals surface area contributed by atoms with E-state index in [1.807, 2.05) is 105 Å². The predicted molar refractivity (Wildman–Crippen MR) is 131 cm³/mol. The Hall–Kier alpha value is -3.60. The van der Waals surface area contributed by atoms with E-state index in [0.717, 1.165) is 22.4 Å². The summed E-state index contributed by atoms with van der Waals surface area (Å²) in [4.78, 5) is 30.0. The SMILES string of the molecule is Cc1ccc(CN(C(=O)Cc2ccccc2)C(C)C(=O)Nc2ccc(N(C)C)cc2)cc1. The van der Waals surface area contributed by atoms with E-state index in [9.17, 15) is 9.59 Å². The van der Waals surface area contributed by atoms with Gasteiger partial charge in [-0.3, -0.25) is 9.59 Å². The Morgan fingerprint density at radius 1 is 0.844 bits per heavy atom. The number of amides is 2. The van der Waals surface area contributed by atoms with Gasteiger partial charge in [0.05, 0.1) is 6.42 Å². The first-order chi connectivity index (χ1) is 15.3. The van der Waals surface area contributed by atoms with Gasteiger partial charge in [0.15, 0.2) is 0 Å². The summed E-state index contributed by atoms with van der Waals surface area (Å²) >= 11 is 0. The van der Waals surface area contributed by atoms with Gasteiger partial charge in [-0.1, -0.05) is 60.2 Å². The van der Waals surface area contributed by atoms with Gasteiger partial charge in [-0.05, 0) is 49.2 Å². The number of nitrogens with zero attached hydrogens (tertiary/aromatic N) is 2. The Morgan fingerprint density at radius 3 is 2.06 bits per heavy atom. The Morgan fingerprint density at radius 2 is 1.47 bits per heavy atom. The molecule has 3 aromatic rings. The number of anilines is 2. The third-order valence-corrected chi connectivity index (χ3v) is 5.49. The van der Waals surface area contributed by atoms with Crippen LogP contribution in [0.3, 0.4) is 0 Å². The number of aryl methyl sites for hydroxylation is 1. The second-order valence-corrected chi connectivity index (χ2v) is 8.28. The molecule has 0 aliphatic carbocycles. The first-order valence-corrected chi connectivity index (χ1v) is 10.8. The lowest BCUT2D eigenvalue weighted by Crippen LogP contribution is -2.45. The molecule has 0 fully saturated rings. The summed E-state index contributed by atoms with van der Waals surface area (Å²) in [6.07, 6.45) is 0.252. The Balaban J connectivity index is 1.77. The van der Waals surface area contributed by atoms with Crippen molar-refractivity contribution in [3.63, 3.8) is 0 Å². The molecule has 0 aliphatic heterocycles. The fraction of sp³-hybridized carbons (Fsp3) is 0.259. The maximum atomic E-state index is 13.2. The van der Waals surface area contributed by atoms with Gasteiger partial charge in [0.2, 0.25) is 11.8 Å². The van der Waals surface area contributed by atoms with Gasteiger partial charge >= 0.3 is 0 Å². The molecule has 0 saturated heterocycles. The molecule has 1 atom stereocenters. The van der Waals surface area contributed by atoms with Crippen molar-refractivity contribution in [2.45, 2.75) is 32.9 Å². The molecule has 3 aromatic carbocycles. The topological polar surface area (TPSA) is 52.7 Å². The van der Waals surface area contributed by atoms with Crippen LogP contribution in [0.2, 0.25) is 0 Å². The van der Waals surface area contributed by atoms with Crippen LogP contribution in [-0.4, -0.2) is 36.9 Å². The molecule has 32 heavy (non-hydrogen) atoms. The molecular weight excluding hydrogens is 398 g/mol. The van der Waals surface area contributed by atoms with Crippen molar-refractivity contribution in [3.05, 3.63) is 95.6 Å². The molecule has 1 N–H and O–H groups in total. The molecule has 0 aromatic heterocycles. The lowest BCUT2D eigenvalue weighted by Gasteiger charge is -2.29. The highest BCUT2D eigenvalue weighted by molar-refractivity contribution is 5.97. The van der Waals surface area contributed by atoms with Crippen molar-refractivity contribution in [2.75, 3.05) is 24.3 Å². The molecule has 0 radical (unpaired) electrons. The van der Waals surface area contributed by atoms with Crippen LogP contribution < -0.4 is 10.2 Å². The highest BCUT2D eigenvalue weighted by Crippen LogP contribution is 2.18. The average molecular weight is 430 g/mol. The summed E-state index contributed by atoms with van der Waals surface area (Å²) in [6.45, 7) is 4.18. The van der Waals surface area contributed by atoms with E-state index in [-0.39, 0.29) is 18.2 Å². The standard InChI is InChI=1S/C27H31N3O2/c1-20-10-12-23(13-11-20)19-30(26(31)18-22-8-6-5-7-9-22)21(2)27(32)28-24-14-16-25(17-15-24)29(3)4/h5-17,21H,18-19H2,1-4H3,(H,28,32). The molecule has 0 saturated carbocycles. The van der Waals surface area contributed by atoms with Crippen molar-refractivity contribution in [1.29, 1.82) is 0 Å². The molecular formula is C27H31N3O2. The van der Waals surface area contributed by atoms with E-state index >= 15 is 0 Å². The third kappa shape index (κ3) is 6.20. The minimum absolute atomic E-state index is 0.0811. The summed E-state index contributed by atoms with van der Waals surface area (Å²) in [5, 5.41) is 2.95. The van der Waals surface area contributed by atoms with Gasteiger partial charge in [-0.25, -0.2) is 0 Å². The maximum Gasteiger partial charge on any atom is 0.246 e. The fourth-order valence-electron chi connectivity index (χ4n) is 3.43. The van der Waals surface area contributed by atoms with E-state index in [1.54, 1.807) is 11.8 Å². The van der Waals surface area contributed by atoms with Crippen LogP contribution >= 0.6 is 0 Å². The summed E-state index contributed by atoms with van der Waals surface area (Å²) in [7, 11) is 3.94. The molecule has 5 nitrogen and oxygen atoms in total. The van der Waals surface area contributed by atoms with Crippen LogP contribution in [0.4, 0.5) is 11.4 Å². The number of carbonyl (C=O) groups excluding carboxylic acids is 2. The smallest absolute Gasteiger partial charge is 0.246 e. The van der Waals surface area contributed by atoms with Gasteiger partial charge in [-0.15, -0.1) is 0 Å². The minimum Gasteiger partial charge on any atom is -0.378 e. The van der Waals surface area contributed by atoms with Gasteiger partial charge in [0.25, 0.3) is 0 Å². The van der Waals surface area contributed by atoms with E-state index in [4.69, 9.17) is 0 Å². The number of rotatable bonds is 8. The summed E-state index contributed by atoms with van der Waals surface area (Å²) in [5.41, 5.74) is 4.83. The number of hydrogen-bond acceptors (Lipinski definition) is 3. The number of nitrogens with one attached hydrogen (secondary N) is 1. The summed E-state index contributed by atoms with van der Waals surface area (Å²) < 4.78 is 0. The van der Waals surface area contributed by atoms with Crippen LogP contribution in [0.1, 0.15) is 23.6 Å². The summed E-state index contributed by atoms with van der Waals surface area (Å²) in [5.74, 6) is -0.293. The molecule has 0 aliphatic rings. The van der Waals surface area contributed by atoms with E-state index < -0.39 is 6.04 Å². The molecule has 0 spiro atoms. The van der Waals surface area contributed by atoms with Crippen molar-refractivity contribution in [3.8, 4) is 0 Å². The molecule has 166 valence electrons. The highest BCUT2D eigenvalue weighted by Gasteiger charge is 2.26. The van der Waals surface area contributed by atoms with Gasteiger partial charge in [0.1, 0.15) is 6.04 Å². The van der Waals surface area contributed by atoms with Crippen molar-refractivity contribution in [2.24, 2.45) is 0 Å². The zero-order valence-corrected chi connectivity index (χ0v) is 19.2. The van der Waals surface area contributed by atoms with Crippen LogP contribution in [0.25, 0.3) is 0 Å². The first kappa shape index (κ1) is 23.1. The van der Waals surface area contributed by atoms with Gasteiger partial charge in [0, 0.05) is 32.0 Å². The predicted octanol–water partition coefficient (Wildman–Crippen LogP) is 4.66. The van der Waals surface area contributed by atoms with E-state index in [0.29, 0.717) is 12.2 Å². The zero-order chi connectivity index (χ0) is 23.1. The van der Waals surface area contributed by atoms with Crippen LogP contribution in [-0.2, 0) is 22.6 Å². The number of benzene rings is 3. The normalized spacial score (nSPS) is 11.5. The third-order valence-electron chi connectivity index (χ3n) is 5.49. The highest BCUT2D eigenvalue weighted by atomic mass is 16.2. The molecule has 5 heteroatoms. The maximum absolute atomic E-state index is 13.2. The Labute approximate surface area is 190 Å². The number of hydrogen-bond donors (Lipinski definition) is 1. The van der Waals surface area contributed by atoms with Crippen LogP contribution in [0.5, 0.6) is 0 Å². The van der Waals surface area contributed by atoms with Gasteiger partial charge < -0.3 is 15.1 Å². The first-order valence-electron chi connectivity index (χ1n) is 10.8. The average Bonchev–Trinajstić information content (AvgIpc) is 2.79. The molecule has 3 rings (SSSR count). The van der Waals surface area contributed by atoms with Crippen LogP contribution in [0, 0.1) is 6.92 Å². The second kappa shape index (κ2) is 10.6. The van der Waals surface area contributed by atoms with Crippen molar-refractivity contribution >= 4 is 23.2 Å². The minimum atomic E-state index is -0.624. The second-order valence-electron chi connectivity index (χ2n) is 8.28. The molecule has 2 amide bonds. The molecule has 1 unspecified atom stereocenters. The molecule has 0 bridgehead atoms. The lowest BCUT2D eigenvalue weighted by atomic mass is 10.1. The Kier molecular flexibility index (Phi) is 7.66. The van der Waals surface area contributed by atoms with E-state index in [2.05, 4.69) is 5.32 Å². The monoisotopic (exact) mass is 429 g/mol. The van der Waals surface area contributed by atoms with Crippen LogP contribution in [0.15, 0.2) is 78.9 Å². The fourth-order valence-corrected chi connectivity index (χ4v) is 3.43. The number of carbonyl (C=O) groups is 2. The van der Waals surface area contributed by atoms with Crippen molar-refractivity contribution < 1.29 is 9.59 Å². The molecule has 0 heterocycles. The van der Waals surface area contributed by atoms with Crippen molar-refractivity contribution in [1.82, 2.24) is 4.90 Å². The summed E-state index contributed by atoms with van der Waals surface area (Å²) in [6, 6.07) is 24.7. The lowest BCUT2D eigenvalue weighted by molar-refractivity contribution is -0.138. The largest absolute Gasteiger partial charge is 0.378 e. The Bertz CT molecular complexity index is 1030. The zero-order valence-electron chi connectivity index (χ0n) is 19.2. The quantitative estimate of drug-likeness (QED) is 0.567. The van der Waals surface area contributed by atoms with Gasteiger partial charge in [-0.2, -0.15) is 0 Å².